The summed E-state index contributed by atoms with van der Waals surface area (Å²) in [7, 11) is 0. The van der Waals surface area contributed by atoms with Gasteiger partial charge >= 0.3 is 0 Å². The van der Waals surface area contributed by atoms with Crippen molar-refractivity contribution in [2.75, 3.05) is 26.2 Å². The Bertz CT molecular complexity index is 363. The van der Waals surface area contributed by atoms with Crippen molar-refractivity contribution in [1.29, 1.82) is 0 Å². The van der Waals surface area contributed by atoms with Crippen LogP contribution in [0.25, 0.3) is 0 Å². The maximum atomic E-state index is 4.14. The van der Waals surface area contributed by atoms with Crippen LogP contribution >= 0.6 is 0 Å². The van der Waals surface area contributed by atoms with Gasteiger partial charge in [0.15, 0.2) is 0 Å². The van der Waals surface area contributed by atoms with Crippen molar-refractivity contribution in [2.24, 2.45) is 5.41 Å². The van der Waals surface area contributed by atoms with Crippen LogP contribution in [0.1, 0.15) is 45.1 Å². The first-order valence-electron chi connectivity index (χ1n) is 8.10. The van der Waals surface area contributed by atoms with Gasteiger partial charge in [-0.25, -0.2) is 0 Å². The Kier molecular flexibility index (Phi) is 5.99. The summed E-state index contributed by atoms with van der Waals surface area (Å²) in [5, 5.41) is 3.52. The standard InChI is InChI=1S/C17H29N3/c1-3-17(4-2)7-11-20(12-8-17)13-10-19-15-16-6-5-9-18-14-16/h5-6,9,14,19H,3-4,7-8,10-13,15H2,1-2H3. The highest BCUT2D eigenvalue weighted by Crippen LogP contribution is 2.37. The molecule has 112 valence electrons. The maximum absolute atomic E-state index is 4.14. The van der Waals surface area contributed by atoms with Crippen molar-refractivity contribution in [1.82, 2.24) is 15.2 Å². The third-order valence-corrected chi connectivity index (χ3v) is 5.07. The van der Waals surface area contributed by atoms with Crippen LogP contribution in [0.15, 0.2) is 24.5 Å². The topological polar surface area (TPSA) is 28.2 Å². The van der Waals surface area contributed by atoms with E-state index in [1.165, 1.54) is 50.9 Å². The number of aromatic nitrogens is 1. The maximum Gasteiger partial charge on any atom is 0.0312 e. The molecule has 0 bridgehead atoms. The highest BCUT2D eigenvalue weighted by molar-refractivity contribution is 5.07. The molecule has 2 rings (SSSR count). The van der Waals surface area contributed by atoms with Crippen molar-refractivity contribution in [3.05, 3.63) is 30.1 Å². The van der Waals surface area contributed by atoms with E-state index in [0.717, 1.165) is 13.1 Å². The molecular weight excluding hydrogens is 246 g/mol. The van der Waals surface area contributed by atoms with E-state index in [-0.39, 0.29) is 0 Å². The second-order valence-electron chi connectivity index (χ2n) is 6.09. The van der Waals surface area contributed by atoms with Gasteiger partial charge in [0.25, 0.3) is 0 Å². The molecule has 0 radical (unpaired) electrons. The van der Waals surface area contributed by atoms with Crippen molar-refractivity contribution in [3.8, 4) is 0 Å². The van der Waals surface area contributed by atoms with Gasteiger partial charge in [-0.05, 0) is 43.0 Å². The molecule has 0 aromatic carbocycles. The first-order valence-corrected chi connectivity index (χ1v) is 8.10. The molecule has 1 saturated heterocycles. The van der Waals surface area contributed by atoms with Crippen LogP contribution in [0.3, 0.4) is 0 Å². The normalized spacial score (nSPS) is 19.1. The first-order chi connectivity index (χ1) is 9.78. The lowest BCUT2D eigenvalue weighted by Gasteiger charge is -2.41. The molecule has 20 heavy (non-hydrogen) atoms. The van der Waals surface area contributed by atoms with Crippen LogP contribution in [0.2, 0.25) is 0 Å². The van der Waals surface area contributed by atoms with Crippen LogP contribution in [0.5, 0.6) is 0 Å². The Morgan fingerprint density at radius 3 is 2.60 bits per heavy atom. The Morgan fingerprint density at radius 2 is 2.00 bits per heavy atom. The highest BCUT2D eigenvalue weighted by atomic mass is 15.1. The molecule has 1 aliphatic rings. The number of piperidine rings is 1. The summed E-state index contributed by atoms with van der Waals surface area (Å²) >= 11 is 0. The minimum atomic E-state index is 0.639. The lowest BCUT2D eigenvalue weighted by atomic mass is 9.74. The van der Waals surface area contributed by atoms with Gasteiger partial charge in [-0.15, -0.1) is 0 Å². The van der Waals surface area contributed by atoms with E-state index in [1.807, 2.05) is 18.5 Å². The van der Waals surface area contributed by atoms with Crippen LogP contribution < -0.4 is 5.32 Å². The zero-order chi connectivity index (χ0) is 14.3. The summed E-state index contributed by atoms with van der Waals surface area (Å²) in [6.07, 6.45) is 9.20. The molecule has 1 fully saturated rings. The fourth-order valence-corrected chi connectivity index (χ4v) is 3.18. The predicted octanol–water partition coefficient (Wildman–Crippen LogP) is 3.07. The molecule has 3 heteroatoms. The molecule has 1 aromatic heterocycles. The molecule has 0 spiro atoms. The van der Waals surface area contributed by atoms with E-state index in [4.69, 9.17) is 0 Å². The number of pyridine rings is 1. The first kappa shape index (κ1) is 15.5. The second kappa shape index (κ2) is 7.75. The molecule has 0 atom stereocenters. The van der Waals surface area contributed by atoms with Crippen LogP contribution in [0.4, 0.5) is 0 Å². The Labute approximate surface area is 123 Å². The molecule has 0 unspecified atom stereocenters. The largest absolute Gasteiger partial charge is 0.311 e. The summed E-state index contributed by atoms with van der Waals surface area (Å²) in [5.74, 6) is 0. The molecule has 3 nitrogen and oxygen atoms in total. The van der Waals surface area contributed by atoms with Gasteiger partial charge in [-0.3, -0.25) is 4.98 Å². The molecule has 0 saturated carbocycles. The van der Waals surface area contributed by atoms with Crippen LogP contribution in [-0.2, 0) is 6.54 Å². The molecule has 1 aliphatic heterocycles. The Balaban J connectivity index is 1.62. The van der Waals surface area contributed by atoms with Crippen molar-refractivity contribution in [3.63, 3.8) is 0 Å². The van der Waals surface area contributed by atoms with Gasteiger partial charge in [0.2, 0.25) is 0 Å². The van der Waals surface area contributed by atoms with E-state index in [9.17, 15) is 0 Å². The zero-order valence-electron chi connectivity index (χ0n) is 13.1. The van der Waals surface area contributed by atoms with E-state index >= 15 is 0 Å². The number of hydrogen-bond donors (Lipinski definition) is 1. The average Bonchev–Trinajstić information content (AvgIpc) is 2.53. The third kappa shape index (κ3) is 4.29. The Hall–Kier alpha value is -0.930. The van der Waals surface area contributed by atoms with Gasteiger partial charge in [0, 0.05) is 32.0 Å². The van der Waals surface area contributed by atoms with E-state index in [0.29, 0.717) is 5.41 Å². The minimum Gasteiger partial charge on any atom is -0.311 e. The van der Waals surface area contributed by atoms with Gasteiger partial charge < -0.3 is 10.2 Å². The van der Waals surface area contributed by atoms with Gasteiger partial charge in [-0.1, -0.05) is 32.8 Å². The predicted molar refractivity (Wildman–Crippen MR) is 84.6 cm³/mol. The van der Waals surface area contributed by atoms with E-state index in [2.05, 4.69) is 35.1 Å². The fraction of sp³-hybridized carbons (Fsp3) is 0.706. The molecule has 0 amide bonds. The monoisotopic (exact) mass is 275 g/mol. The number of nitrogens with zero attached hydrogens (tertiary/aromatic N) is 2. The lowest BCUT2D eigenvalue weighted by Crippen LogP contribution is -2.42. The smallest absolute Gasteiger partial charge is 0.0312 e. The van der Waals surface area contributed by atoms with E-state index < -0.39 is 0 Å². The summed E-state index contributed by atoms with van der Waals surface area (Å²) in [6, 6.07) is 4.12. The van der Waals surface area contributed by atoms with E-state index in [1.54, 1.807) is 0 Å². The third-order valence-electron chi connectivity index (χ3n) is 5.07. The quantitative estimate of drug-likeness (QED) is 0.775. The Morgan fingerprint density at radius 1 is 1.25 bits per heavy atom. The summed E-state index contributed by atoms with van der Waals surface area (Å²) in [5.41, 5.74) is 1.90. The SMILES string of the molecule is CCC1(CC)CCN(CCNCc2cccnc2)CC1. The summed E-state index contributed by atoms with van der Waals surface area (Å²) in [4.78, 5) is 6.75. The summed E-state index contributed by atoms with van der Waals surface area (Å²) < 4.78 is 0. The molecular formula is C17H29N3. The number of likely N-dealkylation sites (tertiary alicyclic amines) is 1. The highest BCUT2D eigenvalue weighted by Gasteiger charge is 2.30. The van der Waals surface area contributed by atoms with Gasteiger partial charge in [-0.2, -0.15) is 0 Å². The zero-order valence-corrected chi connectivity index (χ0v) is 13.1. The van der Waals surface area contributed by atoms with Crippen LogP contribution in [0, 0.1) is 5.41 Å². The number of nitrogens with one attached hydrogen (secondary N) is 1. The van der Waals surface area contributed by atoms with Crippen molar-refractivity contribution in [2.45, 2.75) is 46.1 Å². The lowest BCUT2D eigenvalue weighted by molar-refractivity contribution is 0.0960. The van der Waals surface area contributed by atoms with Gasteiger partial charge in [0.05, 0.1) is 0 Å². The minimum absolute atomic E-state index is 0.639. The second-order valence-corrected chi connectivity index (χ2v) is 6.09. The fourth-order valence-electron chi connectivity index (χ4n) is 3.18. The molecule has 0 aliphatic carbocycles. The van der Waals surface area contributed by atoms with Crippen molar-refractivity contribution >= 4 is 0 Å². The van der Waals surface area contributed by atoms with Crippen molar-refractivity contribution < 1.29 is 0 Å². The molecule has 2 heterocycles. The summed E-state index contributed by atoms with van der Waals surface area (Å²) in [6.45, 7) is 10.4. The average molecular weight is 275 g/mol. The number of hydrogen-bond acceptors (Lipinski definition) is 3. The van der Waals surface area contributed by atoms with Crippen LogP contribution in [-0.4, -0.2) is 36.1 Å². The molecule has 1 N–H and O–H groups in total. The van der Waals surface area contributed by atoms with Gasteiger partial charge in [0.1, 0.15) is 0 Å². The molecule has 1 aromatic rings. The number of rotatable bonds is 7.